The zero-order valence-corrected chi connectivity index (χ0v) is 17.0. The summed E-state index contributed by atoms with van der Waals surface area (Å²) in [6.45, 7) is 3.61. The number of hydrogen-bond acceptors (Lipinski definition) is 6. The lowest BCUT2D eigenvalue weighted by Gasteiger charge is -2.26. The van der Waals surface area contributed by atoms with E-state index in [4.69, 9.17) is 5.73 Å². The summed E-state index contributed by atoms with van der Waals surface area (Å²) in [4.78, 5) is 19.1. The molecule has 2 fully saturated rings. The van der Waals surface area contributed by atoms with E-state index in [0.29, 0.717) is 5.82 Å². The largest absolute Gasteiger partial charge is 0.382 e. The fraction of sp³-hybridized carbons (Fsp3) is 0.409. The number of amides is 1. The number of fused-ring (bicyclic) bond motifs is 1. The van der Waals surface area contributed by atoms with Gasteiger partial charge in [-0.25, -0.2) is 9.50 Å². The van der Waals surface area contributed by atoms with Gasteiger partial charge in [-0.2, -0.15) is 0 Å². The quantitative estimate of drug-likeness (QED) is 0.617. The minimum Gasteiger partial charge on any atom is -0.382 e. The molecule has 5 rings (SSSR count). The smallest absolute Gasteiger partial charge is 0.253 e. The molecule has 2 aliphatic rings. The topological polar surface area (TPSA) is 101 Å². The third-order valence-electron chi connectivity index (χ3n) is 6.11. The Bertz CT molecular complexity index is 1050. The number of nitrogens with zero attached hydrogens (tertiary/aromatic N) is 4. The highest BCUT2D eigenvalue weighted by atomic mass is 16.2. The van der Waals surface area contributed by atoms with Gasteiger partial charge in [0.15, 0.2) is 5.65 Å². The SMILES string of the molecule is Nc1nn2ccnc2c(Nc2ccc(C(=O)N3CCCC3)cc2)c1[C@@H]1CCCNC1. The number of benzene rings is 1. The second-order valence-electron chi connectivity index (χ2n) is 8.11. The molecule has 2 aromatic heterocycles. The van der Waals surface area contributed by atoms with E-state index in [-0.39, 0.29) is 11.8 Å². The number of anilines is 3. The number of imidazole rings is 1. The summed E-state index contributed by atoms with van der Waals surface area (Å²) in [5, 5.41) is 11.5. The second-order valence-corrected chi connectivity index (χ2v) is 8.11. The van der Waals surface area contributed by atoms with Crippen molar-refractivity contribution in [3.8, 4) is 0 Å². The van der Waals surface area contributed by atoms with Crippen LogP contribution in [0.5, 0.6) is 0 Å². The molecule has 0 saturated carbocycles. The predicted octanol–water partition coefficient (Wildman–Crippen LogP) is 2.76. The maximum absolute atomic E-state index is 12.6. The average molecular weight is 406 g/mol. The fourth-order valence-corrected chi connectivity index (χ4v) is 4.55. The molecule has 4 N–H and O–H groups in total. The number of piperidine rings is 1. The van der Waals surface area contributed by atoms with Crippen molar-refractivity contribution in [3.05, 3.63) is 47.8 Å². The van der Waals surface area contributed by atoms with E-state index in [1.165, 1.54) is 0 Å². The lowest BCUT2D eigenvalue weighted by atomic mass is 9.91. The molecule has 1 aromatic carbocycles. The number of likely N-dealkylation sites (tertiary alicyclic amines) is 1. The maximum atomic E-state index is 12.6. The number of aromatic nitrogens is 3. The van der Waals surface area contributed by atoms with Crippen LogP contribution >= 0.6 is 0 Å². The molecule has 0 unspecified atom stereocenters. The van der Waals surface area contributed by atoms with E-state index in [9.17, 15) is 4.79 Å². The van der Waals surface area contributed by atoms with Crippen molar-refractivity contribution in [2.24, 2.45) is 0 Å². The van der Waals surface area contributed by atoms with Crippen LogP contribution < -0.4 is 16.4 Å². The Morgan fingerprint density at radius 1 is 1.17 bits per heavy atom. The van der Waals surface area contributed by atoms with Gasteiger partial charge in [0.1, 0.15) is 5.82 Å². The first-order valence-corrected chi connectivity index (χ1v) is 10.7. The molecule has 2 aliphatic heterocycles. The summed E-state index contributed by atoms with van der Waals surface area (Å²) in [5.74, 6) is 0.917. The highest BCUT2D eigenvalue weighted by Crippen LogP contribution is 2.37. The number of rotatable bonds is 4. The molecule has 0 radical (unpaired) electrons. The minimum absolute atomic E-state index is 0.108. The summed E-state index contributed by atoms with van der Waals surface area (Å²) in [7, 11) is 0. The van der Waals surface area contributed by atoms with Gasteiger partial charge in [-0.1, -0.05) is 0 Å². The molecule has 156 valence electrons. The molecular weight excluding hydrogens is 378 g/mol. The molecule has 4 heterocycles. The molecule has 8 nitrogen and oxygen atoms in total. The van der Waals surface area contributed by atoms with E-state index in [1.54, 1.807) is 16.9 Å². The Balaban J connectivity index is 1.47. The summed E-state index contributed by atoms with van der Waals surface area (Å²) >= 11 is 0. The van der Waals surface area contributed by atoms with Crippen molar-refractivity contribution in [2.45, 2.75) is 31.6 Å². The van der Waals surface area contributed by atoms with Crippen molar-refractivity contribution in [2.75, 3.05) is 37.2 Å². The van der Waals surface area contributed by atoms with Gasteiger partial charge in [0.25, 0.3) is 5.91 Å². The molecule has 0 aliphatic carbocycles. The van der Waals surface area contributed by atoms with E-state index >= 15 is 0 Å². The van der Waals surface area contributed by atoms with Gasteiger partial charge in [0, 0.05) is 54.8 Å². The molecular formula is C22H27N7O. The van der Waals surface area contributed by atoms with Crippen LogP contribution in [0.2, 0.25) is 0 Å². The summed E-state index contributed by atoms with van der Waals surface area (Å²) in [6.07, 6.45) is 7.89. The first-order valence-electron chi connectivity index (χ1n) is 10.7. The molecule has 3 aromatic rings. The Labute approximate surface area is 175 Å². The first-order chi connectivity index (χ1) is 14.7. The predicted molar refractivity (Wildman–Crippen MR) is 117 cm³/mol. The highest BCUT2D eigenvalue weighted by Gasteiger charge is 2.25. The molecule has 0 bridgehead atoms. The summed E-state index contributed by atoms with van der Waals surface area (Å²) in [6, 6.07) is 7.67. The van der Waals surface area contributed by atoms with Gasteiger partial charge in [-0.05, 0) is 56.5 Å². The zero-order chi connectivity index (χ0) is 20.5. The van der Waals surface area contributed by atoms with Crippen LogP contribution in [-0.4, -0.2) is 51.6 Å². The highest BCUT2D eigenvalue weighted by molar-refractivity contribution is 5.95. The monoisotopic (exact) mass is 405 g/mol. The van der Waals surface area contributed by atoms with Crippen molar-refractivity contribution in [3.63, 3.8) is 0 Å². The third kappa shape index (κ3) is 3.47. The van der Waals surface area contributed by atoms with Crippen LogP contribution in [0.25, 0.3) is 5.65 Å². The molecule has 1 atom stereocenters. The molecule has 2 saturated heterocycles. The summed E-state index contributed by atoms with van der Waals surface area (Å²) < 4.78 is 1.71. The van der Waals surface area contributed by atoms with Gasteiger partial charge in [0.05, 0.1) is 5.69 Å². The van der Waals surface area contributed by atoms with Gasteiger partial charge in [0.2, 0.25) is 0 Å². The molecule has 30 heavy (non-hydrogen) atoms. The minimum atomic E-state index is 0.108. The lowest BCUT2D eigenvalue weighted by Crippen LogP contribution is -2.29. The van der Waals surface area contributed by atoms with E-state index in [2.05, 4.69) is 20.7 Å². The number of hydrogen-bond donors (Lipinski definition) is 3. The normalized spacial score (nSPS) is 19.3. The van der Waals surface area contributed by atoms with E-state index in [0.717, 1.165) is 80.0 Å². The van der Waals surface area contributed by atoms with Gasteiger partial charge in [-0.3, -0.25) is 4.79 Å². The molecule has 0 spiro atoms. The van der Waals surface area contributed by atoms with Gasteiger partial charge < -0.3 is 21.3 Å². The Morgan fingerprint density at radius 3 is 2.70 bits per heavy atom. The average Bonchev–Trinajstić information content (AvgIpc) is 3.47. The lowest BCUT2D eigenvalue weighted by molar-refractivity contribution is 0.0793. The van der Waals surface area contributed by atoms with Gasteiger partial charge in [-0.15, -0.1) is 5.10 Å². The number of nitrogens with two attached hydrogens (primary N) is 1. The third-order valence-corrected chi connectivity index (χ3v) is 6.11. The number of nitrogens with one attached hydrogen (secondary N) is 2. The number of carbonyl (C=O) groups excluding carboxylic acids is 1. The van der Waals surface area contributed by atoms with E-state index < -0.39 is 0 Å². The van der Waals surface area contributed by atoms with Gasteiger partial charge >= 0.3 is 0 Å². The standard InChI is InChI=1S/C22H27N7O/c23-20-18(16-4-3-9-24-14-16)19(21-25-10-13-29(21)27-20)26-17-7-5-15(6-8-17)22(30)28-11-1-2-12-28/h5-8,10,13,16,24,26H,1-4,9,11-12,14H2,(H2,23,27)/t16-/m1/s1. The van der Waals surface area contributed by atoms with Crippen LogP contribution in [-0.2, 0) is 0 Å². The zero-order valence-electron chi connectivity index (χ0n) is 17.0. The Kier molecular flexibility index (Phi) is 5.00. The molecule has 8 heteroatoms. The fourth-order valence-electron chi connectivity index (χ4n) is 4.55. The van der Waals surface area contributed by atoms with Crippen LogP contribution in [0.3, 0.4) is 0 Å². The Hall–Kier alpha value is -3.13. The van der Waals surface area contributed by atoms with Crippen LogP contribution in [0.4, 0.5) is 17.2 Å². The number of carbonyl (C=O) groups is 1. The van der Waals surface area contributed by atoms with Crippen LogP contribution in [0, 0.1) is 0 Å². The maximum Gasteiger partial charge on any atom is 0.253 e. The van der Waals surface area contributed by atoms with E-state index in [1.807, 2.05) is 29.2 Å². The van der Waals surface area contributed by atoms with Crippen molar-refractivity contribution in [1.82, 2.24) is 24.8 Å². The first kappa shape index (κ1) is 18.9. The van der Waals surface area contributed by atoms with Crippen LogP contribution in [0.15, 0.2) is 36.7 Å². The van der Waals surface area contributed by atoms with Crippen molar-refractivity contribution >= 4 is 28.7 Å². The van der Waals surface area contributed by atoms with Crippen molar-refractivity contribution < 1.29 is 4.79 Å². The van der Waals surface area contributed by atoms with Crippen molar-refractivity contribution in [1.29, 1.82) is 0 Å². The number of nitrogen functional groups attached to an aromatic ring is 1. The van der Waals surface area contributed by atoms with Crippen LogP contribution in [0.1, 0.15) is 47.5 Å². The second kappa shape index (κ2) is 7.95. The Morgan fingerprint density at radius 2 is 1.97 bits per heavy atom. The summed E-state index contributed by atoms with van der Waals surface area (Å²) in [5.41, 5.74) is 10.7. The molecule has 1 amide bonds.